The highest BCUT2D eigenvalue weighted by molar-refractivity contribution is 5.73. The van der Waals surface area contributed by atoms with Gasteiger partial charge in [0.25, 0.3) is 0 Å². The molecular formula is C20H21N7O. The molecule has 28 heavy (non-hydrogen) atoms. The van der Waals surface area contributed by atoms with E-state index in [9.17, 15) is 0 Å². The smallest absolute Gasteiger partial charge is 0.181 e. The molecule has 0 aromatic carbocycles. The summed E-state index contributed by atoms with van der Waals surface area (Å²) in [6.45, 7) is 5.81. The van der Waals surface area contributed by atoms with E-state index in [0.717, 1.165) is 60.3 Å². The van der Waals surface area contributed by atoms with Crippen LogP contribution in [0.25, 0.3) is 16.9 Å². The second kappa shape index (κ2) is 7.05. The maximum absolute atomic E-state index is 5.47. The molecule has 0 atom stereocenters. The van der Waals surface area contributed by atoms with Gasteiger partial charge in [-0.05, 0) is 18.6 Å². The molecule has 0 spiro atoms. The number of imidazole rings is 1. The van der Waals surface area contributed by atoms with Crippen LogP contribution in [0.5, 0.6) is 0 Å². The highest BCUT2D eigenvalue weighted by atomic mass is 16.5. The predicted molar refractivity (Wildman–Crippen MR) is 105 cm³/mol. The van der Waals surface area contributed by atoms with Crippen molar-refractivity contribution in [1.82, 2.24) is 29.1 Å². The Labute approximate surface area is 162 Å². The van der Waals surface area contributed by atoms with Gasteiger partial charge in [0.2, 0.25) is 0 Å². The first-order valence-electron chi connectivity index (χ1n) is 9.38. The van der Waals surface area contributed by atoms with Crippen molar-refractivity contribution in [1.29, 1.82) is 0 Å². The Balaban J connectivity index is 1.52. The lowest BCUT2D eigenvalue weighted by Gasteiger charge is -2.27. The molecule has 0 amide bonds. The van der Waals surface area contributed by atoms with Gasteiger partial charge >= 0.3 is 0 Å². The monoisotopic (exact) mass is 375 g/mol. The second-order valence-electron chi connectivity index (χ2n) is 6.88. The fourth-order valence-electron chi connectivity index (χ4n) is 3.67. The van der Waals surface area contributed by atoms with Crippen LogP contribution < -0.4 is 4.90 Å². The number of anilines is 1. The first-order chi connectivity index (χ1) is 13.8. The first kappa shape index (κ1) is 16.9. The number of hydrogen-bond donors (Lipinski definition) is 0. The minimum absolute atomic E-state index is 0.685. The predicted octanol–water partition coefficient (Wildman–Crippen LogP) is 2.18. The summed E-state index contributed by atoms with van der Waals surface area (Å²) in [5.74, 6) is 0.905. The second-order valence-corrected chi connectivity index (χ2v) is 6.88. The SMILES string of the molecule is Cc1nc2c(N3CCOCC3)nccn2c1-c1cnn(Cc2cccnc2)c1. The standard InChI is InChI=1S/C20H21N7O/c1-15-18(17-12-23-26(14-17)13-16-3-2-4-21-11-16)27-6-5-22-19(20(27)24-15)25-7-9-28-10-8-25/h2-6,11-12,14H,7-10,13H2,1H3. The topological polar surface area (TPSA) is 73.4 Å². The van der Waals surface area contributed by atoms with Gasteiger partial charge in [0, 0.05) is 49.6 Å². The number of nitrogens with zero attached hydrogens (tertiary/aromatic N) is 7. The number of ether oxygens (including phenoxy) is 1. The normalized spacial score (nSPS) is 14.7. The van der Waals surface area contributed by atoms with Crippen LogP contribution in [0.2, 0.25) is 0 Å². The third kappa shape index (κ3) is 3.01. The van der Waals surface area contributed by atoms with Crippen LogP contribution in [0.3, 0.4) is 0 Å². The number of rotatable bonds is 4. The summed E-state index contributed by atoms with van der Waals surface area (Å²) in [4.78, 5) is 15.8. The minimum Gasteiger partial charge on any atom is -0.378 e. The van der Waals surface area contributed by atoms with Crippen LogP contribution in [-0.4, -0.2) is 55.4 Å². The number of pyridine rings is 1. The molecule has 142 valence electrons. The van der Waals surface area contributed by atoms with Crippen molar-refractivity contribution in [2.24, 2.45) is 0 Å². The van der Waals surface area contributed by atoms with Gasteiger partial charge in [-0.15, -0.1) is 0 Å². The molecule has 1 fully saturated rings. The highest BCUT2D eigenvalue weighted by Gasteiger charge is 2.20. The van der Waals surface area contributed by atoms with Gasteiger partial charge < -0.3 is 9.64 Å². The summed E-state index contributed by atoms with van der Waals surface area (Å²) in [7, 11) is 0. The molecule has 1 aliphatic heterocycles. The molecule has 0 unspecified atom stereocenters. The molecule has 0 N–H and O–H groups in total. The van der Waals surface area contributed by atoms with Crippen LogP contribution in [0.15, 0.2) is 49.3 Å². The Hall–Kier alpha value is -3.26. The van der Waals surface area contributed by atoms with Crippen LogP contribution in [0.1, 0.15) is 11.3 Å². The summed E-state index contributed by atoms with van der Waals surface area (Å²) >= 11 is 0. The zero-order valence-corrected chi connectivity index (χ0v) is 15.7. The molecule has 4 aromatic heterocycles. The zero-order chi connectivity index (χ0) is 18.9. The van der Waals surface area contributed by atoms with Gasteiger partial charge in [-0.1, -0.05) is 6.07 Å². The van der Waals surface area contributed by atoms with Gasteiger partial charge in [-0.3, -0.25) is 14.1 Å². The molecule has 4 aromatic rings. The van der Waals surface area contributed by atoms with E-state index in [0.29, 0.717) is 6.54 Å². The summed E-state index contributed by atoms with van der Waals surface area (Å²) in [6, 6.07) is 3.99. The summed E-state index contributed by atoms with van der Waals surface area (Å²) < 4.78 is 9.51. The maximum atomic E-state index is 5.47. The fraction of sp³-hybridized carbons (Fsp3) is 0.300. The van der Waals surface area contributed by atoms with Crippen molar-refractivity contribution in [3.05, 3.63) is 60.6 Å². The van der Waals surface area contributed by atoms with Crippen molar-refractivity contribution < 1.29 is 4.74 Å². The third-order valence-corrected chi connectivity index (χ3v) is 4.98. The third-order valence-electron chi connectivity index (χ3n) is 4.98. The fourth-order valence-corrected chi connectivity index (χ4v) is 3.67. The van der Waals surface area contributed by atoms with E-state index in [1.54, 1.807) is 6.20 Å². The van der Waals surface area contributed by atoms with E-state index in [1.165, 1.54) is 0 Å². The number of morpholine rings is 1. The van der Waals surface area contributed by atoms with Crippen molar-refractivity contribution in [2.75, 3.05) is 31.2 Å². The summed E-state index contributed by atoms with van der Waals surface area (Å²) in [6.07, 6.45) is 11.4. The minimum atomic E-state index is 0.685. The van der Waals surface area contributed by atoms with E-state index < -0.39 is 0 Å². The molecule has 0 aliphatic carbocycles. The maximum Gasteiger partial charge on any atom is 0.181 e. The number of hydrogen-bond acceptors (Lipinski definition) is 6. The van der Waals surface area contributed by atoms with Crippen LogP contribution >= 0.6 is 0 Å². The van der Waals surface area contributed by atoms with E-state index in [2.05, 4.69) is 30.6 Å². The Morgan fingerprint density at radius 1 is 1.14 bits per heavy atom. The van der Waals surface area contributed by atoms with Crippen LogP contribution in [0, 0.1) is 6.92 Å². The molecule has 1 aliphatic rings. The number of aromatic nitrogens is 6. The Bertz CT molecular complexity index is 1100. The lowest BCUT2D eigenvalue weighted by Crippen LogP contribution is -2.37. The molecule has 0 bridgehead atoms. The number of fused-ring (bicyclic) bond motifs is 1. The number of aryl methyl sites for hydroxylation is 1. The van der Waals surface area contributed by atoms with E-state index >= 15 is 0 Å². The molecule has 8 nitrogen and oxygen atoms in total. The Kier molecular flexibility index (Phi) is 4.25. The summed E-state index contributed by atoms with van der Waals surface area (Å²) in [5.41, 5.74) is 5.03. The van der Waals surface area contributed by atoms with Gasteiger partial charge in [0.15, 0.2) is 11.5 Å². The van der Waals surface area contributed by atoms with E-state index in [1.807, 2.05) is 48.5 Å². The van der Waals surface area contributed by atoms with Crippen LogP contribution in [0.4, 0.5) is 5.82 Å². The molecular weight excluding hydrogens is 354 g/mol. The average Bonchev–Trinajstić information content (AvgIpc) is 3.32. The lowest BCUT2D eigenvalue weighted by atomic mass is 10.2. The molecule has 5 rings (SSSR count). The first-order valence-corrected chi connectivity index (χ1v) is 9.38. The van der Waals surface area contributed by atoms with Crippen LogP contribution in [-0.2, 0) is 11.3 Å². The molecule has 0 saturated carbocycles. The van der Waals surface area contributed by atoms with Gasteiger partial charge in [-0.2, -0.15) is 5.10 Å². The Morgan fingerprint density at radius 3 is 2.86 bits per heavy atom. The zero-order valence-electron chi connectivity index (χ0n) is 15.7. The Morgan fingerprint density at radius 2 is 2.04 bits per heavy atom. The van der Waals surface area contributed by atoms with Crippen molar-refractivity contribution in [3.63, 3.8) is 0 Å². The average molecular weight is 375 g/mol. The van der Waals surface area contributed by atoms with E-state index in [-0.39, 0.29) is 0 Å². The van der Waals surface area contributed by atoms with E-state index in [4.69, 9.17) is 9.72 Å². The van der Waals surface area contributed by atoms with Gasteiger partial charge in [0.05, 0.1) is 37.3 Å². The van der Waals surface area contributed by atoms with Gasteiger partial charge in [0.1, 0.15) is 0 Å². The summed E-state index contributed by atoms with van der Waals surface area (Å²) in [5, 5.41) is 4.53. The van der Waals surface area contributed by atoms with Gasteiger partial charge in [-0.25, -0.2) is 9.97 Å². The molecule has 0 radical (unpaired) electrons. The van der Waals surface area contributed by atoms with Crippen molar-refractivity contribution in [3.8, 4) is 11.3 Å². The lowest BCUT2D eigenvalue weighted by molar-refractivity contribution is 0.122. The van der Waals surface area contributed by atoms with Crippen molar-refractivity contribution in [2.45, 2.75) is 13.5 Å². The largest absolute Gasteiger partial charge is 0.378 e. The molecule has 8 heteroatoms. The molecule has 1 saturated heterocycles. The van der Waals surface area contributed by atoms with Crippen molar-refractivity contribution >= 4 is 11.5 Å². The molecule has 5 heterocycles. The quantitative estimate of drug-likeness (QED) is 0.544. The highest BCUT2D eigenvalue weighted by Crippen LogP contribution is 2.28.